The molecule has 2 heterocycles. The average molecular weight is 284 g/mol. The van der Waals surface area contributed by atoms with Crippen LogP contribution in [-0.2, 0) is 4.74 Å². The topological polar surface area (TPSA) is 61.8 Å². The number of aliphatic hydroxyl groups is 1. The van der Waals surface area contributed by atoms with Crippen LogP contribution in [0.1, 0.15) is 46.0 Å². The van der Waals surface area contributed by atoms with E-state index in [1.54, 1.807) is 0 Å². The van der Waals surface area contributed by atoms with Crippen LogP contribution in [0.5, 0.6) is 0 Å². The Kier molecular flexibility index (Phi) is 5.27. The van der Waals surface area contributed by atoms with Crippen LogP contribution in [0.3, 0.4) is 0 Å². The number of carbonyl (C=O) groups is 1. The number of likely N-dealkylation sites (tertiary alicyclic amines) is 1. The molecule has 20 heavy (non-hydrogen) atoms. The van der Waals surface area contributed by atoms with Gasteiger partial charge in [-0.3, -0.25) is 0 Å². The van der Waals surface area contributed by atoms with Crippen LogP contribution in [0.4, 0.5) is 4.79 Å². The quantitative estimate of drug-likeness (QED) is 0.827. The molecule has 0 aromatic heterocycles. The van der Waals surface area contributed by atoms with Gasteiger partial charge in [-0.2, -0.15) is 0 Å². The monoisotopic (exact) mass is 284 g/mol. The fraction of sp³-hybridized carbons (Fsp3) is 0.933. The minimum Gasteiger partial charge on any atom is -0.396 e. The van der Waals surface area contributed by atoms with E-state index in [1.807, 2.05) is 4.90 Å². The molecule has 3 atom stereocenters. The number of hydrogen-bond donors (Lipinski definition) is 2. The molecule has 2 N–H and O–H groups in total. The van der Waals surface area contributed by atoms with Gasteiger partial charge in [0.2, 0.25) is 0 Å². The minimum absolute atomic E-state index is 0.0360. The maximum absolute atomic E-state index is 12.4. The first-order valence-electron chi connectivity index (χ1n) is 7.83. The number of aliphatic hydroxyl groups excluding tert-OH is 1. The molecule has 0 aliphatic carbocycles. The third-order valence-corrected chi connectivity index (χ3v) is 4.87. The lowest BCUT2D eigenvalue weighted by Crippen LogP contribution is -2.53. The van der Waals surface area contributed by atoms with Crippen molar-refractivity contribution in [1.29, 1.82) is 0 Å². The Labute approximate surface area is 121 Å². The lowest BCUT2D eigenvalue weighted by molar-refractivity contribution is 0.106. The Bertz CT molecular complexity index is 319. The van der Waals surface area contributed by atoms with Crippen molar-refractivity contribution in [3.8, 4) is 0 Å². The van der Waals surface area contributed by atoms with Gasteiger partial charge < -0.3 is 20.1 Å². The van der Waals surface area contributed by atoms with E-state index >= 15 is 0 Å². The second kappa shape index (κ2) is 6.76. The number of carbonyl (C=O) groups excluding carboxylic acids is 1. The highest BCUT2D eigenvalue weighted by Crippen LogP contribution is 2.31. The molecule has 5 heteroatoms. The maximum Gasteiger partial charge on any atom is 0.317 e. The summed E-state index contributed by atoms with van der Waals surface area (Å²) in [6.45, 7) is 6.36. The fourth-order valence-electron chi connectivity index (χ4n) is 3.49. The highest BCUT2D eigenvalue weighted by molar-refractivity contribution is 5.75. The molecular weight excluding hydrogens is 256 g/mol. The van der Waals surface area contributed by atoms with Crippen LogP contribution >= 0.6 is 0 Å². The predicted octanol–water partition coefficient (Wildman–Crippen LogP) is 1.75. The van der Waals surface area contributed by atoms with Gasteiger partial charge in [0.25, 0.3) is 0 Å². The second-order valence-electron chi connectivity index (χ2n) is 6.47. The van der Waals surface area contributed by atoms with Crippen LogP contribution < -0.4 is 5.32 Å². The van der Waals surface area contributed by atoms with Crippen molar-refractivity contribution >= 4 is 6.03 Å². The highest BCUT2D eigenvalue weighted by Gasteiger charge is 2.36. The van der Waals surface area contributed by atoms with Gasteiger partial charge in [0, 0.05) is 37.3 Å². The van der Waals surface area contributed by atoms with E-state index in [0.29, 0.717) is 31.7 Å². The van der Waals surface area contributed by atoms with Crippen molar-refractivity contribution in [3.05, 3.63) is 0 Å². The Morgan fingerprint density at radius 3 is 2.65 bits per heavy atom. The lowest BCUT2D eigenvalue weighted by Gasteiger charge is -2.39. The van der Waals surface area contributed by atoms with Crippen molar-refractivity contribution in [2.75, 3.05) is 26.4 Å². The van der Waals surface area contributed by atoms with Crippen molar-refractivity contribution in [1.82, 2.24) is 10.2 Å². The summed E-state index contributed by atoms with van der Waals surface area (Å²) in [5.41, 5.74) is -0.0767. The summed E-state index contributed by atoms with van der Waals surface area (Å²) in [7, 11) is 0. The van der Waals surface area contributed by atoms with Crippen molar-refractivity contribution < 1.29 is 14.6 Å². The molecule has 0 radical (unpaired) electrons. The smallest absolute Gasteiger partial charge is 0.317 e. The summed E-state index contributed by atoms with van der Waals surface area (Å²) in [6, 6.07) is 0.661. The number of ether oxygens (including phenoxy) is 1. The van der Waals surface area contributed by atoms with Crippen LogP contribution in [-0.4, -0.2) is 54.5 Å². The number of nitrogens with zero attached hydrogens (tertiary/aromatic N) is 1. The first kappa shape index (κ1) is 15.6. The molecule has 0 aromatic rings. The van der Waals surface area contributed by atoms with E-state index in [1.165, 1.54) is 6.42 Å². The molecule has 2 saturated heterocycles. The molecule has 3 unspecified atom stereocenters. The number of nitrogens with one attached hydrogen (secondary N) is 1. The number of amides is 2. The van der Waals surface area contributed by atoms with E-state index in [0.717, 1.165) is 25.9 Å². The zero-order chi connectivity index (χ0) is 14.6. The van der Waals surface area contributed by atoms with E-state index in [2.05, 4.69) is 19.2 Å². The molecule has 2 rings (SSSR count). The molecule has 2 aliphatic rings. The van der Waals surface area contributed by atoms with Crippen LogP contribution in [0, 0.1) is 5.41 Å². The molecule has 2 amide bonds. The largest absolute Gasteiger partial charge is 0.396 e. The fourth-order valence-corrected chi connectivity index (χ4v) is 3.49. The minimum atomic E-state index is -0.0767. The molecule has 5 nitrogen and oxygen atoms in total. The summed E-state index contributed by atoms with van der Waals surface area (Å²) in [5.74, 6) is 0. The number of hydrogen-bond acceptors (Lipinski definition) is 3. The van der Waals surface area contributed by atoms with Crippen LogP contribution in [0.15, 0.2) is 0 Å². The lowest BCUT2D eigenvalue weighted by atomic mass is 9.84. The van der Waals surface area contributed by atoms with Crippen molar-refractivity contribution in [2.24, 2.45) is 5.41 Å². The molecule has 0 saturated carbocycles. The van der Waals surface area contributed by atoms with Gasteiger partial charge in [0.1, 0.15) is 0 Å². The normalized spacial score (nSPS) is 34.2. The number of rotatable bonds is 4. The Morgan fingerprint density at radius 2 is 2.10 bits per heavy atom. The predicted molar refractivity (Wildman–Crippen MR) is 77.6 cm³/mol. The van der Waals surface area contributed by atoms with Gasteiger partial charge in [-0.05, 0) is 46.0 Å². The first-order chi connectivity index (χ1) is 9.58. The van der Waals surface area contributed by atoms with Gasteiger partial charge >= 0.3 is 6.03 Å². The molecule has 0 spiro atoms. The summed E-state index contributed by atoms with van der Waals surface area (Å²) >= 11 is 0. The van der Waals surface area contributed by atoms with Crippen molar-refractivity contribution in [2.45, 2.75) is 58.0 Å². The van der Waals surface area contributed by atoms with E-state index < -0.39 is 0 Å². The summed E-state index contributed by atoms with van der Waals surface area (Å²) in [4.78, 5) is 14.4. The molecular formula is C15H28N2O3. The van der Waals surface area contributed by atoms with Gasteiger partial charge in [-0.1, -0.05) is 0 Å². The SMILES string of the molecule is CC1CCCC(C)N1C(=O)NCC1(CCO)CCOC1. The Balaban J connectivity index is 1.90. The maximum atomic E-state index is 12.4. The van der Waals surface area contributed by atoms with Crippen LogP contribution in [0.25, 0.3) is 0 Å². The standard InChI is InChI=1S/C15H28N2O3/c1-12-4-3-5-13(2)17(12)14(19)16-10-15(6-8-18)7-9-20-11-15/h12-13,18H,3-11H2,1-2H3,(H,16,19). The third-order valence-electron chi connectivity index (χ3n) is 4.87. The van der Waals surface area contributed by atoms with E-state index in [4.69, 9.17) is 4.74 Å². The van der Waals surface area contributed by atoms with Gasteiger partial charge in [0.15, 0.2) is 0 Å². The third kappa shape index (κ3) is 3.44. The summed E-state index contributed by atoms with van der Waals surface area (Å²) in [5, 5.41) is 12.3. The van der Waals surface area contributed by atoms with Gasteiger partial charge in [-0.15, -0.1) is 0 Å². The molecule has 116 valence electrons. The zero-order valence-electron chi connectivity index (χ0n) is 12.7. The average Bonchev–Trinajstić information content (AvgIpc) is 2.86. The number of piperidine rings is 1. The second-order valence-corrected chi connectivity index (χ2v) is 6.47. The molecule has 2 aliphatic heterocycles. The summed E-state index contributed by atoms with van der Waals surface area (Å²) < 4.78 is 5.46. The zero-order valence-corrected chi connectivity index (χ0v) is 12.7. The van der Waals surface area contributed by atoms with Crippen molar-refractivity contribution in [3.63, 3.8) is 0 Å². The van der Waals surface area contributed by atoms with Gasteiger partial charge in [-0.25, -0.2) is 4.79 Å². The first-order valence-corrected chi connectivity index (χ1v) is 7.83. The van der Waals surface area contributed by atoms with Crippen LogP contribution in [0.2, 0.25) is 0 Å². The number of urea groups is 1. The molecule has 0 aromatic carbocycles. The van der Waals surface area contributed by atoms with E-state index in [-0.39, 0.29) is 18.1 Å². The van der Waals surface area contributed by atoms with E-state index in [9.17, 15) is 9.90 Å². The Hall–Kier alpha value is -0.810. The van der Waals surface area contributed by atoms with Gasteiger partial charge in [0.05, 0.1) is 6.61 Å². The highest BCUT2D eigenvalue weighted by atomic mass is 16.5. The summed E-state index contributed by atoms with van der Waals surface area (Å²) in [6.07, 6.45) is 4.98. The molecule has 2 fully saturated rings. The Morgan fingerprint density at radius 1 is 1.40 bits per heavy atom. The molecule has 0 bridgehead atoms.